The van der Waals surface area contributed by atoms with E-state index in [1.165, 1.54) is 5.56 Å². The van der Waals surface area contributed by atoms with Gasteiger partial charge < -0.3 is 9.84 Å². The molecule has 0 fully saturated rings. The van der Waals surface area contributed by atoms with Gasteiger partial charge in [0.15, 0.2) is 0 Å². The molecular weight excluding hydrogens is 500 g/mol. The molecule has 0 amide bonds. The van der Waals surface area contributed by atoms with Crippen LogP contribution < -0.4 is 10.2 Å². The first-order chi connectivity index (χ1) is 19.6. The van der Waals surface area contributed by atoms with Crippen molar-refractivity contribution < 1.29 is 19.5 Å². The van der Waals surface area contributed by atoms with E-state index in [9.17, 15) is 9.90 Å². The van der Waals surface area contributed by atoms with Gasteiger partial charge in [-0.15, -0.1) is 0 Å². The van der Waals surface area contributed by atoms with Gasteiger partial charge in [0.2, 0.25) is 0 Å². The number of carboxylic acids is 1. The molecule has 6 nitrogen and oxygen atoms in total. The fourth-order valence-corrected chi connectivity index (χ4v) is 4.46. The van der Waals surface area contributed by atoms with Crippen LogP contribution in [0.2, 0.25) is 0 Å². The Morgan fingerprint density at radius 1 is 0.850 bits per heavy atom. The van der Waals surface area contributed by atoms with E-state index in [4.69, 9.17) is 9.57 Å². The Bertz CT molecular complexity index is 1320. The Labute approximate surface area is 236 Å². The number of aliphatic carboxylic acids is 1. The molecule has 0 saturated carbocycles. The summed E-state index contributed by atoms with van der Waals surface area (Å²) in [4.78, 5) is 21.7. The number of unbranched alkanes of at least 4 members (excludes halogenated alkanes) is 1. The average molecular weight is 537 g/mol. The van der Waals surface area contributed by atoms with Crippen LogP contribution in [0.15, 0.2) is 110 Å². The van der Waals surface area contributed by atoms with Crippen LogP contribution in [-0.2, 0) is 22.5 Å². The molecule has 4 aromatic rings. The molecule has 40 heavy (non-hydrogen) atoms. The topological polar surface area (TPSA) is 80.7 Å². The van der Waals surface area contributed by atoms with Crippen molar-refractivity contribution in [2.24, 2.45) is 5.92 Å². The molecule has 1 unspecified atom stereocenters. The smallest absolute Gasteiger partial charge is 0.306 e. The Balaban J connectivity index is 1.13. The van der Waals surface area contributed by atoms with Gasteiger partial charge in [0, 0.05) is 11.8 Å². The number of nitrogens with one attached hydrogen (secondary N) is 1. The number of rotatable bonds is 16. The maximum absolute atomic E-state index is 11.8. The monoisotopic (exact) mass is 536 g/mol. The summed E-state index contributed by atoms with van der Waals surface area (Å²) in [6, 6.07) is 31.7. The number of aromatic nitrogens is 1. The summed E-state index contributed by atoms with van der Waals surface area (Å²) in [5.41, 5.74) is 8.70. The second-order valence-electron chi connectivity index (χ2n) is 9.68. The maximum Gasteiger partial charge on any atom is 0.306 e. The lowest BCUT2D eigenvalue weighted by atomic mass is 9.93. The molecule has 0 aliphatic carbocycles. The summed E-state index contributed by atoms with van der Waals surface area (Å²) in [7, 11) is 0. The van der Waals surface area contributed by atoms with Crippen molar-refractivity contribution in [2.75, 3.05) is 13.2 Å². The van der Waals surface area contributed by atoms with Gasteiger partial charge >= 0.3 is 5.97 Å². The largest absolute Gasteiger partial charge is 0.491 e. The number of hydrogen-bond donors (Lipinski definition) is 2. The van der Waals surface area contributed by atoms with E-state index in [2.05, 4.69) is 29.2 Å². The predicted octanol–water partition coefficient (Wildman–Crippen LogP) is 6.98. The van der Waals surface area contributed by atoms with Crippen molar-refractivity contribution in [3.05, 3.63) is 127 Å². The maximum atomic E-state index is 11.8. The first-order valence-electron chi connectivity index (χ1n) is 13.7. The molecular formula is C34H36N2O4. The second kappa shape index (κ2) is 15.2. The Morgan fingerprint density at radius 2 is 1.60 bits per heavy atom. The number of carboxylic acid groups (broad SMARTS) is 1. The zero-order chi connectivity index (χ0) is 28.0. The molecule has 1 atom stereocenters. The summed E-state index contributed by atoms with van der Waals surface area (Å²) in [5.74, 6) is -0.414. The van der Waals surface area contributed by atoms with Crippen LogP contribution in [0.1, 0.15) is 36.0 Å². The van der Waals surface area contributed by atoms with E-state index in [0.29, 0.717) is 37.5 Å². The molecule has 0 bridgehead atoms. The quantitative estimate of drug-likeness (QED) is 0.119. The van der Waals surface area contributed by atoms with Crippen LogP contribution in [0.3, 0.4) is 0 Å². The van der Waals surface area contributed by atoms with E-state index >= 15 is 0 Å². The minimum absolute atomic E-state index is 0.330. The molecule has 2 N–H and O–H groups in total. The first kappa shape index (κ1) is 28.6. The lowest BCUT2D eigenvalue weighted by Crippen LogP contribution is -2.17. The average Bonchev–Trinajstić information content (AvgIpc) is 3.00. The molecule has 3 aromatic carbocycles. The molecule has 0 spiro atoms. The summed E-state index contributed by atoms with van der Waals surface area (Å²) < 4.78 is 5.77. The molecule has 0 saturated heterocycles. The van der Waals surface area contributed by atoms with Crippen molar-refractivity contribution in [1.29, 1.82) is 0 Å². The first-order valence-corrected chi connectivity index (χ1v) is 13.7. The number of ether oxygens (including phenoxy) is 1. The number of benzene rings is 3. The Hall–Kier alpha value is -4.42. The van der Waals surface area contributed by atoms with Gasteiger partial charge in [-0.3, -0.25) is 20.1 Å². The zero-order valence-corrected chi connectivity index (χ0v) is 22.7. The van der Waals surface area contributed by atoms with Gasteiger partial charge in [-0.1, -0.05) is 85.8 Å². The van der Waals surface area contributed by atoms with Crippen LogP contribution in [-0.4, -0.2) is 29.3 Å². The number of hydrogen-bond acceptors (Lipinski definition) is 5. The number of pyridine rings is 1. The van der Waals surface area contributed by atoms with E-state index < -0.39 is 5.97 Å². The molecule has 0 aliphatic rings. The molecule has 6 heteroatoms. The van der Waals surface area contributed by atoms with E-state index in [1.807, 2.05) is 84.9 Å². The summed E-state index contributed by atoms with van der Waals surface area (Å²) in [5, 5.41) is 9.69. The number of aryl methyl sites for hydroxylation is 1. The molecule has 206 valence electrons. The highest BCUT2D eigenvalue weighted by atomic mass is 16.7. The Kier molecular flexibility index (Phi) is 10.9. The summed E-state index contributed by atoms with van der Waals surface area (Å²) in [6.45, 7) is 4.72. The van der Waals surface area contributed by atoms with Crippen LogP contribution in [0, 0.1) is 5.92 Å². The minimum atomic E-state index is -0.740. The third kappa shape index (κ3) is 9.10. The fourth-order valence-electron chi connectivity index (χ4n) is 4.46. The molecule has 4 rings (SSSR count). The number of nitrogens with zero attached hydrogens (tertiary/aromatic N) is 1. The van der Waals surface area contributed by atoms with Crippen molar-refractivity contribution in [3.8, 4) is 17.0 Å². The number of hydroxylamine groups is 1. The predicted molar refractivity (Wildman–Crippen MR) is 159 cm³/mol. The van der Waals surface area contributed by atoms with Crippen LogP contribution in [0.4, 0.5) is 0 Å². The van der Waals surface area contributed by atoms with Crippen molar-refractivity contribution in [1.82, 2.24) is 10.5 Å². The standard InChI is InChI=1S/C34H36N2O4/c1-26(29-16-18-30(19-17-29)33-13-7-8-22-35-33)36-40-24-23-39-32-20-14-28(15-21-32)25-31(34(37)38)12-6-5-11-27-9-3-2-4-10-27/h2-4,7-10,13-22,31,36H,1,5-6,11-12,23-25H2,(H,37,38). The van der Waals surface area contributed by atoms with Gasteiger partial charge in [-0.05, 0) is 66.6 Å². The van der Waals surface area contributed by atoms with Crippen LogP contribution in [0.5, 0.6) is 5.75 Å². The molecule has 0 aliphatic heterocycles. The van der Waals surface area contributed by atoms with Gasteiger partial charge in [-0.2, -0.15) is 0 Å². The Morgan fingerprint density at radius 3 is 2.30 bits per heavy atom. The minimum Gasteiger partial charge on any atom is -0.491 e. The highest BCUT2D eigenvalue weighted by molar-refractivity contribution is 5.70. The van der Waals surface area contributed by atoms with Crippen molar-refractivity contribution in [3.63, 3.8) is 0 Å². The third-order valence-corrected chi connectivity index (χ3v) is 6.71. The third-order valence-electron chi connectivity index (χ3n) is 6.71. The zero-order valence-electron chi connectivity index (χ0n) is 22.7. The SMILES string of the molecule is C=C(NOCCOc1ccc(CC(CCCCc2ccccc2)C(=O)O)cc1)c1ccc(-c2ccccn2)cc1. The van der Waals surface area contributed by atoms with Gasteiger partial charge in [0.25, 0.3) is 0 Å². The van der Waals surface area contributed by atoms with Gasteiger partial charge in [0.1, 0.15) is 19.0 Å². The fraction of sp³-hybridized carbons (Fsp3) is 0.235. The van der Waals surface area contributed by atoms with E-state index in [-0.39, 0.29) is 5.92 Å². The normalized spacial score (nSPS) is 11.5. The second-order valence-corrected chi connectivity index (χ2v) is 9.68. The van der Waals surface area contributed by atoms with Gasteiger partial charge in [0.05, 0.1) is 17.3 Å². The summed E-state index contributed by atoms with van der Waals surface area (Å²) in [6.07, 6.45) is 5.82. The number of carbonyl (C=O) groups is 1. The van der Waals surface area contributed by atoms with Crippen LogP contribution in [0.25, 0.3) is 17.0 Å². The lowest BCUT2D eigenvalue weighted by Gasteiger charge is -2.13. The van der Waals surface area contributed by atoms with Gasteiger partial charge in [-0.25, -0.2) is 0 Å². The lowest BCUT2D eigenvalue weighted by molar-refractivity contribution is -0.142. The summed E-state index contributed by atoms with van der Waals surface area (Å²) >= 11 is 0. The van der Waals surface area contributed by atoms with Crippen LogP contribution >= 0.6 is 0 Å². The van der Waals surface area contributed by atoms with E-state index in [1.54, 1.807) is 6.20 Å². The van der Waals surface area contributed by atoms with Crippen molar-refractivity contribution >= 4 is 11.7 Å². The molecule has 1 heterocycles. The van der Waals surface area contributed by atoms with E-state index in [0.717, 1.165) is 41.6 Å². The molecule has 1 aromatic heterocycles. The highest BCUT2D eigenvalue weighted by Crippen LogP contribution is 2.21. The van der Waals surface area contributed by atoms with Crippen molar-refractivity contribution in [2.45, 2.75) is 32.1 Å². The highest BCUT2D eigenvalue weighted by Gasteiger charge is 2.17. The molecule has 0 radical (unpaired) electrons.